The number of rotatable bonds is 2. The molecule has 0 aromatic heterocycles. The minimum atomic E-state index is -1.12. The summed E-state index contributed by atoms with van der Waals surface area (Å²) in [6.45, 7) is 3.11. The monoisotopic (exact) mass is 200 g/mol. The Morgan fingerprint density at radius 3 is 2.57 bits per heavy atom. The van der Waals surface area contributed by atoms with Crippen molar-refractivity contribution in [1.29, 1.82) is 0 Å². The summed E-state index contributed by atoms with van der Waals surface area (Å²) in [4.78, 5) is 33.0. The summed E-state index contributed by atoms with van der Waals surface area (Å²) in [6.07, 6.45) is -0.395. The van der Waals surface area contributed by atoms with Crippen LogP contribution in [0.2, 0.25) is 0 Å². The molecule has 1 heterocycles. The van der Waals surface area contributed by atoms with Gasteiger partial charge in [0.2, 0.25) is 11.8 Å². The average molecular weight is 200 g/mol. The van der Waals surface area contributed by atoms with E-state index in [1.807, 2.05) is 0 Å². The van der Waals surface area contributed by atoms with Crippen LogP contribution in [-0.4, -0.2) is 34.5 Å². The van der Waals surface area contributed by atoms with E-state index in [9.17, 15) is 14.4 Å². The molecule has 0 aromatic rings. The van der Waals surface area contributed by atoms with Crippen LogP contribution in [0.25, 0.3) is 0 Å². The van der Waals surface area contributed by atoms with Crippen molar-refractivity contribution in [2.75, 3.05) is 0 Å². The van der Waals surface area contributed by atoms with Gasteiger partial charge in [-0.15, -0.1) is 0 Å². The zero-order valence-electron chi connectivity index (χ0n) is 7.96. The van der Waals surface area contributed by atoms with Crippen LogP contribution in [0.4, 0.5) is 0 Å². The molecule has 0 aromatic carbocycles. The standard InChI is InChI=1S/C8H12N2O4/c1-8(2)7(14)9-4(3-5(11)12)6(13)10-8/h4H,3H2,1-2H3,(H,9,14)(H,10,13)(H,11,12)/t4-/m0/s1. The minimum absolute atomic E-state index is 0.372. The molecule has 1 atom stereocenters. The number of hydrogen-bond acceptors (Lipinski definition) is 3. The normalized spacial score (nSPS) is 25.1. The molecule has 0 saturated carbocycles. The van der Waals surface area contributed by atoms with Gasteiger partial charge in [-0.05, 0) is 13.8 Å². The molecule has 6 heteroatoms. The number of carboxylic acid groups (broad SMARTS) is 1. The predicted octanol–water partition coefficient (Wildman–Crippen LogP) is -1.15. The molecular weight excluding hydrogens is 188 g/mol. The number of carbonyl (C=O) groups is 3. The molecular formula is C8H12N2O4. The highest BCUT2D eigenvalue weighted by Gasteiger charge is 2.39. The molecule has 2 amide bonds. The van der Waals surface area contributed by atoms with Crippen molar-refractivity contribution in [3.63, 3.8) is 0 Å². The first-order valence-electron chi connectivity index (χ1n) is 4.18. The fraction of sp³-hybridized carbons (Fsp3) is 0.625. The SMILES string of the molecule is CC1(C)NC(=O)[C@H](CC(=O)O)NC1=O. The molecule has 1 aliphatic heterocycles. The van der Waals surface area contributed by atoms with Crippen molar-refractivity contribution < 1.29 is 19.5 Å². The van der Waals surface area contributed by atoms with Gasteiger partial charge in [-0.25, -0.2) is 0 Å². The number of piperazine rings is 1. The van der Waals surface area contributed by atoms with Gasteiger partial charge in [-0.1, -0.05) is 0 Å². The quantitative estimate of drug-likeness (QED) is 0.524. The van der Waals surface area contributed by atoms with Gasteiger partial charge in [0.15, 0.2) is 0 Å². The molecule has 0 aliphatic carbocycles. The summed E-state index contributed by atoms with van der Waals surface area (Å²) in [5.41, 5.74) is -0.966. The van der Waals surface area contributed by atoms with Crippen LogP contribution in [0.15, 0.2) is 0 Å². The van der Waals surface area contributed by atoms with Crippen molar-refractivity contribution >= 4 is 17.8 Å². The van der Waals surface area contributed by atoms with Crippen LogP contribution in [0.3, 0.4) is 0 Å². The topological polar surface area (TPSA) is 95.5 Å². The molecule has 14 heavy (non-hydrogen) atoms. The number of aliphatic carboxylic acids is 1. The fourth-order valence-corrected chi connectivity index (χ4v) is 1.17. The molecule has 3 N–H and O–H groups in total. The average Bonchev–Trinajstić information content (AvgIpc) is 1.98. The summed E-state index contributed by atoms with van der Waals surface area (Å²) >= 11 is 0. The first-order chi connectivity index (χ1) is 6.33. The van der Waals surface area contributed by atoms with Crippen LogP contribution in [0.1, 0.15) is 20.3 Å². The number of carboxylic acids is 1. The van der Waals surface area contributed by atoms with Gasteiger partial charge >= 0.3 is 5.97 Å². The smallest absolute Gasteiger partial charge is 0.305 e. The fourth-order valence-electron chi connectivity index (χ4n) is 1.17. The van der Waals surface area contributed by atoms with Gasteiger partial charge in [0.05, 0.1) is 6.42 Å². The van der Waals surface area contributed by atoms with Gasteiger partial charge in [0.25, 0.3) is 0 Å². The zero-order valence-corrected chi connectivity index (χ0v) is 7.96. The van der Waals surface area contributed by atoms with Crippen molar-refractivity contribution in [3.05, 3.63) is 0 Å². The minimum Gasteiger partial charge on any atom is -0.481 e. The second-order valence-electron chi connectivity index (χ2n) is 3.74. The molecule has 1 saturated heterocycles. The largest absolute Gasteiger partial charge is 0.481 e. The Balaban J connectivity index is 2.72. The number of carbonyl (C=O) groups excluding carboxylic acids is 2. The van der Waals surface area contributed by atoms with Gasteiger partial charge < -0.3 is 15.7 Å². The molecule has 0 bridgehead atoms. The third-order valence-electron chi connectivity index (χ3n) is 2.00. The lowest BCUT2D eigenvalue weighted by Crippen LogP contribution is -2.67. The van der Waals surface area contributed by atoms with E-state index in [4.69, 9.17) is 5.11 Å². The third kappa shape index (κ3) is 2.01. The number of amides is 2. The van der Waals surface area contributed by atoms with Crippen molar-refractivity contribution in [3.8, 4) is 0 Å². The highest BCUT2D eigenvalue weighted by molar-refractivity contribution is 6.00. The molecule has 1 fully saturated rings. The maximum Gasteiger partial charge on any atom is 0.305 e. The maximum atomic E-state index is 11.3. The summed E-state index contributed by atoms with van der Waals surface area (Å²) in [7, 11) is 0. The van der Waals surface area contributed by atoms with Crippen LogP contribution in [-0.2, 0) is 14.4 Å². The van der Waals surface area contributed by atoms with Crippen LogP contribution >= 0.6 is 0 Å². The first kappa shape index (κ1) is 10.5. The van der Waals surface area contributed by atoms with E-state index in [-0.39, 0.29) is 5.91 Å². The Kier molecular flexibility index (Phi) is 2.46. The highest BCUT2D eigenvalue weighted by Crippen LogP contribution is 2.10. The Morgan fingerprint density at radius 1 is 1.50 bits per heavy atom. The van der Waals surface area contributed by atoms with Gasteiger partial charge in [0.1, 0.15) is 11.6 Å². The van der Waals surface area contributed by atoms with E-state index in [0.29, 0.717) is 0 Å². The highest BCUT2D eigenvalue weighted by atomic mass is 16.4. The molecule has 78 valence electrons. The number of hydrogen-bond donors (Lipinski definition) is 3. The molecule has 0 unspecified atom stereocenters. The molecule has 1 aliphatic rings. The van der Waals surface area contributed by atoms with E-state index >= 15 is 0 Å². The van der Waals surface area contributed by atoms with Crippen LogP contribution in [0.5, 0.6) is 0 Å². The lowest BCUT2D eigenvalue weighted by Gasteiger charge is -2.34. The van der Waals surface area contributed by atoms with E-state index in [0.717, 1.165) is 0 Å². The second kappa shape index (κ2) is 3.28. The van der Waals surface area contributed by atoms with E-state index in [1.54, 1.807) is 13.8 Å². The Morgan fingerprint density at radius 2 is 2.07 bits per heavy atom. The second-order valence-corrected chi connectivity index (χ2v) is 3.74. The lowest BCUT2D eigenvalue weighted by atomic mass is 9.98. The molecule has 1 rings (SSSR count). The molecule has 0 radical (unpaired) electrons. The Labute approximate surface area is 80.7 Å². The Bertz CT molecular complexity index is 298. The van der Waals surface area contributed by atoms with E-state index in [1.165, 1.54) is 0 Å². The first-order valence-corrected chi connectivity index (χ1v) is 4.18. The predicted molar refractivity (Wildman–Crippen MR) is 46.4 cm³/mol. The van der Waals surface area contributed by atoms with E-state index in [2.05, 4.69) is 10.6 Å². The van der Waals surface area contributed by atoms with Crippen molar-refractivity contribution in [2.24, 2.45) is 0 Å². The zero-order chi connectivity index (χ0) is 10.9. The van der Waals surface area contributed by atoms with Gasteiger partial charge in [-0.2, -0.15) is 0 Å². The van der Waals surface area contributed by atoms with Crippen LogP contribution < -0.4 is 10.6 Å². The summed E-state index contributed by atoms with van der Waals surface area (Å²) in [6, 6.07) is -0.965. The van der Waals surface area contributed by atoms with E-state index < -0.39 is 29.9 Å². The molecule has 6 nitrogen and oxygen atoms in total. The van der Waals surface area contributed by atoms with Gasteiger partial charge in [0, 0.05) is 0 Å². The maximum absolute atomic E-state index is 11.3. The summed E-state index contributed by atoms with van der Waals surface area (Å²) in [5.74, 6) is -1.95. The molecule has 0 spiro atoms. The van der Waals surface area contributed by atoms with Crippen molar-refractivity contribution in [1.82, 2.24) is 10.6 Å². The summed E-state index contributed by atoms with van der Waals surface area (Å²) < 4.78 is 0. The lowest BCUT2D eigenvalue weighted by molar-refractivity contribution is -0.145. The third-order valence-corrected chi connectivity index (χ3v) is 2.00. The van der Waals surface area contributed by atoms with Gasteiger partial charge in [-0.3, -0.25) is 14.4 Å². The van der Waals surface area contributed by atoms with Crippen molar-refractivity contribution in [2.45, 2.75) is 31.8 Å². The van der Waals surface area contributed by atoms with Crippen LogP contribution in [0, 0.1) is 0 Å². The number of nitrogens with one attached hydrogen (secondary N) is 2. The Hall–Kier alpha value is -1.59. The summed E-state index contributed by atoms with van der Waals surface area (Å²) in [5, 5.41) is 13.3.